The number of β-amino-alcohol motifs (C(OH)–C–C–N with tert-alkyl or cyclic N) is 1. The zero-order valence-corrected chi connectivity index (χ0v) is 20.2. The number of alkyl halides is 3. The molecule has 0 radical (unpaired) electrons. The van der Waals surface area contributed by atoms with Crippen molar-refractivity contribution >= 4 is 22.6 Å². The van der Waals surface area contributed by atoms with Gasteiger partial charge in [0.15, 0.2) is 0 Å². The third kappa shape index (κ3) is 5.67. The van der Waals surface area contributed by atoms with Crippen LogP contribution >= 0.6 is 0 Å². The van der Waals surface area contributed by atoms with Crippen molar-refractivity contribution in [2.75, 3.05) is 31.1 Å². The first-order valence-corrected chi connectivity index (χ1v) is 11.9. The number of aliphatic hydroxyl groups excluding tert-OH is 1. The lowest BCUT2D eigenvalue weighted by Crippen LogP contribution is -2.46. The molecule has 194 valence electrons. The van der Waals surface area contributed by atoms with Gasteiger partial charge in [-0.15, -0.1) is 0 Å². The van der Waals surface area contributed by atoms with Crippen LogP contribution in [0.3, 0.4) is 0 Å². The number of aromatic nitrogens is 3. The minimum atomic E-state index is -4.74. The number of ketones is 1. The van der Waals surface area contributed by atoms with Crippen LogP contribution in [-0.2, 0) is 24.1 Å². The van der Waals surface area contributed by atoms with E-state index in [9.17, 15) is 27.5 Å². The lowest BCUT2D eigenvalue weighted by atomic mass is 9.93. The number of rotatable bonds is 8. The highest BCUT2D eigenvalue weighted by atomic mass is 19.4. The lowest BCUT2D eigenvalue weighted by Gasteiger charge is -2.35. The van der Waals surface area contributed by atoms with Crippen molar-refractivity contribution < 1.29 is 27.5 Å². The van der Waals surface area contributed by atoms with Crippen molar-refractivity contribution in [2.45, 2.75) is 45.6 Å². The van der Waals surface area contributed by atoms with Gasteiger partial charge < -0.3 is 14.6 Å². The minimum Gasteiger partial charge on any atom is -0.391 e. The van der Waals surface area contributed by atoms with E-state index < -0.39 is 23.7 Å². The number of carbonyl (C=O) groups excluding carboxylic acids is 1. The monoisotopic (exact) mass is 507 g/mol. The average molecular weight is 508 g/mol. The van der Waals surface area contributed by atoms with Crippen LogP contribution in [0.1, 0.15) is 31.4 Å². The second kappa shape index (κ2) is 10.5. The Bertz CT molecular complexity index is 1230. The highest BCUT2D eigenvalue weighted by Crippen LogP contribution is 2.32. The normalized spacial score (nSPS) is 19.1. The fourth-order valence-corrected chi connectivity index (χ4v) is 4.80. The van der Waals surface area contributed by atoms with Gasteiger partial charge in [0.05, 0.1) is 23.6 Å². The van der Waals surface area contributed by atoms with E-state index in [0.29, 0.717) is 43.2 Å². The number of likely N-dealkylation sites (tertiary alicyclic amines) is 1. The van der Waals surface area contributed by atoms with Crippen molar-refractivity contribution in [2.24, 2.45) is 5.92 Å². The maximum Gasteiger partial charge on any atom is 0.419 e. The molecule has 0 aliphatic carbocycles. The van der Waals surface area contributed by atoms with E-state index in [0.717, 1.165) is 30.5 Å². The first-order chi connectivity index (χ1) is 17.1. The second-order valence-corrected chi connectivity index (χ2v) is 9.28. The lowest BCUT2D eigenvalue weighted by molar-refractivity contribution is -0.140. The molecule has 1 aromatic carbocycles. The summed E-state index contributed by atoms with van der Waals surface area (Å²) >= 11 is 0. The molecule has 7 nitrogen and oxygen atoms in total. The van der Waals surface area contributed by atoms with Gasteiger partial charge in [0, 0.05) is 38.3 Å². The Balaban J connectivity index is 1.52. The van der Waals surface area contributed by atoms with E-state index in [1.807, 2.05) is 33.6 Å². The maximum absolute atomic E-state index is 14.1. The van der Waals surface area contributed by atoms with E-state index >= 15 is 0 Å². The summed E-state index contributed by atoms with van der Waals surface area (Å²) in [5.74, 6) is -0.637. The number of halogens is 4. The molecule has 1 N–H and O–H groups in total. The highest BCUT2D eigenvalue weighted by Gasteiger charge is 2.34. The largest absolute Gasteiger partial charge is 0.419 e. The first kappa shape index (κ1) is 26.0. The van der Waals surface area contributed by atoms with Gasteiger partial charge in [-0.3, -0.25) is 9.69 Å². The summed E-state index contributed by atoms with van der Waals surface area (Å²) in [6, 6.07) is 4.82. The van der Waals surface area contributed by atoms with Crippen LogP contribution in [0.25, 0.3) is 11.0 Å². The number of carbonyl (C=O) groups is 1. The van der Waals surface area contributed by atoms with Crippen molar-refractivity contribution in [3.05, 3.63) is 53.7 Å². The van der Waals surface area contributed by atoms with Gasteiger partial charge in [-0.05, 0) is 50.6 Å². The molecule has 1 aliphatic heterocycles. The summed E-state index contributed by atoms with van der Waals surface area (Å²) in [5, 5.41) is 11.4. The smallest absolute Gasteiger partial charge is 0.391 e. The molecule has 0 spiro atoms. The zero-order valence-electron chi connectivity index (χ0n) is 20.2. The van der Waals surface area contributed by atoms with Gasteiger partial charge in [0.25, 0.3) is 0 Å². The third-order valence-electron chi connectivity index (χ3n) is 6.61. The predicted octanol–water partition coefficient (Wildman–Crippen LogP) is 3.89. The molecule has 0 amide bonds. The van der Waals surface area contributed by atoms with Crippen LogP contribution in [0.2, 0.25) is 0 Å². The molecule has 0 saturated carbocycles. The molecule has 0 bridgehead atoms. The molecule has 2 atom stereocenters. The molecule has 2 aromatic heterocycles. The standard InChI is InChI=1S/C25H29F4N5O2/c1-3-33(12-17-4-5-20(21(26)10-17)25(27,28)29)23-19-7-9-34(24(19)31-15-30-23)13-18-6-8-32(11-16(2)35)14-22(18)36/h4-5,7,9-10,15,18,22,36H,3,6,8,11-14H2,1-2H3. The highest BCUT2D eigenvalue weighted by molar-refractivity contribution is 5.87. The Hall–Kier alpha value is -3.05. The summed E-state index contributed by atoms with van der Waals surface area (Å²) in [4.78, 5) is 24.0. The number of Topliss-reactive ketones (excluding diaryl/α,β-unsaturated/α-hetero) is 1. The van der Waals surface area contributed by atoms with Crippen LogP contribution in [0.15, 0.2) is 36.8 Å². The molecule has 1 aliphatic rings. The van der Waals surface area contributed by atoms with Gasteiger partial charge in [-0.1, -0.05) is 6.07 Å². The summed E-state index contributed by atoms with van der Waals surface area (Å²) in [6.07, 6.45) is -1.27. The van der Waals surface area contributed by atoms with Crippen molar-refractivity contribution in [1.82, 2.24) is 19.4 Å². The van der Waals surface area contributed by atoms with E-state index in [1.54, 1.807) is 0 Å². The van der Waals surface area contributed by atoms with Crippen LogP contribution in [0.4, 0.5) is 23.4 Å². The Morgan fingerprint density at radius 2 is 2.03 bits per heavy atom. The fourth-order valence-electron chi connectivity index (χ4n) is 4.80. The summed E-state index contributed by atoms with van der Waals surface area (Å²) in [7, 11) is 0. The summed E-state index contributed by atoms with van der Waals surface area (Å²) < 4.78 is 54.8. The van der Waals surface area contributed by atoms with Crippen LogP contribution in [0, 0.1) is 11.7 Å². The van der Waals surface area contributed by atoms with E-state index in [1.165, 1.54) is 19.3 Å². The minimum absolute atomic E-state index is 0.000348. The Morgan fingerprint density at radius 1 is 1.25 bits per heavy atom. The van der Waals surface area contributed by atoms with Crippen molar-refractivity contribution in [3.63, 3.8) is 0 Å². The summed E-state index contributed by atoms with van der Waals surface area (Å²) in [6.45, 7) is 6.15. The quantitative estimate of drug-likeness (QED) is 0.467. The van der Waals surface area contributed by atoms with E-state index in [2.05, 4.69) is 9.97 Å². The third-order valence-corrected chi connectivity index (χ3v) is 6.61. The fraction of sp³-hybridized carbons (Fsp3) is 0.480. The molecular formula is C25H29F4N5O2. The number of hydrogen-bond acceptors (Lipinski definition) is 6. The molecule has 1 fully saturated rings. The Labute approximate surface area is 206 Å². The number of hydrogen-bond donors (Lipinski definition) is 1. The van der Waals surface area contributed by atoms with Gasteiger partial charge in [-0.25, -0.2) is 14.4 Å². The first-order valence-electron chi connectivity index (χ1n) is 11.9. The Morgan fingerprint density at radius 3 is 2.67 bits per heavy atom. The molecule has 3 heterocycles. The molecule has 4 rings (SSSR count). The molecular weight excluding hydrogens is 478 g/mol. The van der Waals surface area contributed by atoms with Gasteiger partial charge in [0.2, 0.25) is 0 Å². The van der Waals surface area contributed by atoms with E-state index in [-0.39, 0.29) is 18.2 Å². The number of fused-ring (bicyclic) bond motifs is 1. The predicted molar refractivity (Wildman–Crippen MR) is 127 cm³/mol. The Kier molecular flexibility index (Phi) is 7.60. The molecule has 1 saturated heterocycles. The molecule has 11 heteroatoms. The number of anilines is 1. The number of aliphatic hydroxyl groups is 1. The van der Waals surface area contributed by atoms with Gasteiger partial charge in [0.1, 0.15) is 29.4 Å². The second-order valence-electron chi connectivity index (χ2n) is 9.28. The zero-order chi connectivity index (χ0) is 26.0. The van der Waals surface area contributed by atoms with Crippen LogP contribution in [0.5, 0.6) is 0 Å². The van der Waals surface area contributed by atoms with Crippen molar-refractivity contribution in [3.8, 4) is 0 Å². The molecule has 36 heavy (non-hydrogen) atoms. The number of benzene rings is 1. The van der Waals surface area contributed by atoms with Crippen molar-refractivity contribution in [1.29, 1.82) is 0 Å². The summed E-state index contributed by atoms with van der Waals surface area (Å²) in [5.41, 5.74) is -0.213. The van der Waals surface area contributed by atoms with Gasteiger partial charge in [-0.2, -0.15) is 13.2 Å². The van der Waals surface area contributed by atoms with Crippen LogP contribution in [-0.4, -0.2) is 62.6 Å². The van der Waals surface area contributed by atoms with Gasteiger partial charge >= 0.3 is 6.18 Å². The number of piperidine rings is 1. The SMILES string of the molecule is CCN(Cc1ccc(C(F)(F)F)c(F)c1)c1ncnc2c1ccn2CC1CCN(CC(C)=O)CC1O. The van der Waals surface area contributed by atoms with E-state index in [4.69, 9.17) is 0 Å². The number of nitrogens with zero attached hydrogens (tertiary/aromatic N) is 5. The van der Waals surface area contributed by atoms with Crippen LogP contribution < -0.4 is 4.90 Å². The molecule has 2 unspecified atom stereocenters. The average Bonchev–Trinajstić information content (AvgIpc) is 3.21. The topological polar surface area (TPSA) is 74.5 Å². The molecule has 3 aromatic rings. The maximum atomic E-state index is 14.1.